The first kappa shape index (κ1) is 16.1. The topological polar surface area (TPSA) is 0 Å². The molecule has 0 nitrogen and oxygen atoms in total. The van der Waals surface area contributed by atoms with Gasteiger partial charge in [0.05, 0.1) is 0 Å². The maximum absolute atomic E-state index is 2.63. The lowest BCUT2D eigenvalue weighted by Crippen LogP contribution is -2.48. The fourth-order valence-electron chi connectivity index (χ4n) is 0.978. The summed E-state index contributed by atoms with van der Waals surface area (Å²) in [7, 11) is 0. The zero-order valence-corrected chi connectivity index (χ0v) is 21.5. The molecule has 8 heteroatoms. The Balaban J connectivity index is 3.31. The molecule has 0 radical (unpaired) electrons. The van der Waals surface area contributed by atoms with E-state index in [1.807, 2.05) is 0 Å². The average molecular weight is 894 g/mol. The molecule has 0 heterocycles. The van der Waals surface area contributed by atoms with Crippen LogP contribution in [0.5, 0.6) is 0 Å². The predicted octanol–water partition coefficient (Wildman–Crippen LogP) is 4.59. The van der Waals surface area contributed by atoms with Crippen LogP contribution in [0.1, 0.15) is 0 Å². The second-order valence-corrected chi connectivity index (χ2v) is 71.9. The zero-order valence-electron chi connectivity index (χ0n) is 6.58. The summed E-state index contributed by atoms with van der Waals surface area (Å²) in [5.41, 5.74) is 0. The van der Waals surface area contributed by atoms with Gasteiger partial charge >= 0.3 is 0 Å². The smallest absolute Gasteiger partial charge is 0.0854 e. The van der Waals surface area contributed by atoms with Gasteiger partial charge in [-0.1, -0.05) is 155 Å². The van der Waals surface area contributed by atoms with Crippen LogP contribution in [0.2, 0.25) is 0 Å². The van der Waals surface area contributed by atoms with Crippen molar-refractivity contribution in [3.05, 3.63) is 24.3 Å². The molecule has 1 aromatic carbocycles. The average Bonchev–Trinajstić information content (AvgIpc) is 2.01. The molecule has 0 amide bonds. The van der Waals surface area contributed by atoms with Crippen molar-refractivity contribution in [2.45, 2.75) is 0 Å². The highest BCUT2D eigenvalue weighted by molar-refractivity contribution is 14.4. The van der Waals surface area contributed by atoms with E-state index in [1.165, 1.54) is 0 Å². The van der Waals surface area contributed by atoms with Crippen molar-refractivity contribution in [1.29, 1.82) is 0 Å². The van der Waals surface area contributed by atoms with E-state index in [1.54, 1.807) is 10.4 Å². The normalized spacial score (nSPS) is 13.0. The van der Waals surface area contributed by atoms with Gasteiger partial charge in [-0.25, -0.2) is 0 Å². The predicted molar refractivity (Wildman–Crippen MR) is 121 cm³/mol. The van der Waals surface area contributed by atoms with Crippen LogP contribution in [0.4, 0.5) is 0 Å². The lowest BCUT2D eigenvalue weighted by atomic mass is 10.4. The fraction of sp³-hybridized carbons (Fsp3) is 0. The molecule has 0 saturated carbocycles. The van der Waals surface area contributed by atoms with Gasteiger partial charge in [-0.05, 0) is 10.4 Å². The molecular formula is C6H4I6Si2. The summed E-state index contributed by atoms with van der Waals surface area (Å²) < 4.78 is -2.51. The third-order valence-corrected chi connectivity index (χ3v) is 14.3. The number of benzene rings is 1. The standard InChI is InChI=1S/C6H4I6Si2/c7-13(8,9)5-3-1-2-4-6(5)14(10,11)12/h1-4H. The van der Waals surface area contributed by atoms with Crippen LogP contribution in [0.3, 0.4) is 0 Å². The maximum Gasteiger partial charge on any atom is 0.283 e. The van der Waals surface area contributed by atoms with Crippen molar-refractivity contribution < 1.29 is 0 Å². The molecule has 1 aromatic rings. The second kappa shape index (κ2) is 6.46. The van der Waals surface area contributed by atoms with E-state index in [9.17, 15) is 0 Å². The minimum absolute atomic E-state index is 1.26. The molecule has 1 rings (SSSR count). The Kier molecular flexibility index (Phi) is 7.43. The van der Waals surface area contributed by atoms with Crippen molar-refractivity contribution in [1.82, 2.24) is 0 Å². The number of halogens is 6. The highest BCUT2D eigenvalue weighted by Crippen LogP contribution is 2.33. The summed E-state index contributed by atoms with van der Waals surface area (Å²) in [6, 6.07) is 8.95. The van der Waals surface area contributed by atoms with Crippen molar-refractivity contribution >= 4 is 142 Å². The van der Waals surface area contributed by atoms with Gasteiger partial charge in [0.15, 0.2) is 0 Å². The minimum Gasteiger partial charge on any atom is -0.0854 e. The third kappa shape index (κ3) is 4.96. The Bertz CT molecular complexity index is 295. The largest absolute Gasteiger partial charge is 0.283 e. The molecule has 0 saturated heterocycles. The van der Waals surface area contributed by atoms with Crippen molar-refractivity contribution in [3.63, 3.8) is 0 Å². The van der Waals surface area contributed by atoms with Crippen molar-refractivity contribution in [2.75, 3.05) is 0 Å². The zero-order chi connectivity index (χ0) is 11.0. The highest BCUT2D eigenvalue weighted by atomic mass is 127. The maximum atomic E-state index is 2.63. The lowest BCUT2D eigenvalue weighted by Gasteiger charge is -2.20. The van der Waals surface area contributed by atoms with Gasteiger partial charge in [-0.3, -0.25) is 0 Å². The quantitative estimate of drug-likeness (QED) is 0.232. The molecule has 0 aliphatic rings. The fourth-order valence-corrected chi connectivity index (χ4v) is 16.5. The van der Waals surface area contributed by atoms with Gasteiger partial charge in [0.1, 0.15) is 0 Å². The van der Waals surface area contributed by atoms with Crippen LogP contribution in [0.25, 0.3) is 0 Å². The van der Waals surface area contributed by atoms with E-state index in [0.717, 1.165) is 0 Å². The van der Waals surface area contributed by atoms with Gasteiger partial charge in [-0.2, -0.15) is 0 Å². The van der Waals surface area contributed by atoms with Gasteiger partial charge in [-0.15, -0.1) is 0 Å². The van der Waals surface area contributed by atoms with E-state index >= 15 is 0 Å². The summed E-state index contributed by atoms with van der Waals surface area (Å²) in [4.78, 5) is 0. The summed E-state index contributed by atoms with van der Waals surface area (Å²) >= 11 is 15.8. The first-order valence-electron chi connectivity index (χ1n) is 3.46. The van der Waals surface area contributed by atoms with Crippen LogP contribution in [0.15, 0.2) is 24.3 Å². The Morgan fingerprint density at radius 2 is 0.929 bits per heavy atom. The number of hydrogen-bond donors (Lipinski definition) is 0. The van der Waals surface area contributed by atoms with Crippen LogP contribution in [0, 0.1) is 0 Å². The third-order valence-electron chi connectivity index (χ3n) is 1.54. The van der Waals surface area contributed by atoms with Gasteiger partial charge in [0.25, 0.3) is 1.13 Å². The van der Waals surface area contributed by atoms with Crippen LogP contribution in [-0.2, 0) is 0 Å². The molecule has 14 heavy (non-hydrogen) atoms. The Hall–Kier alpha value is 4.03. The van der Waals surface area contributed by atoms with E-state index < -0.39 is 1.13 Å². The first-order chi connectivity index (χ1) is 6.23. The van der Waals surface area contributed by atoms with Crippen LogP contribution >= 0.6 is 131 Å². The number of hydrogen-bond acceptors (Lipinski definition) is 0. The summed E-state index contributed by atoms with van der Waals surface area (Å²) in [6.45, 7) is 0. The van der Waals surface area contributed by atoms with E-state index in [-0.39, 0.29) is 0 Å². The second-order valence-electron chi connectivity index (χ2n) is 2.54. The van der Waals surface area contributed by atoms with Crippen molar-refractivity contribution in [3.8, 4) is 0 Å². The van der Waals surface area contributed by atoms with E-state index in [2.05, 4.69) is 155 Å². The minimum atomic E-state index is -1.26. The lowest BCUT2D eigenvalue weighted by molar-refractivity contribution is 1.82. The van der Waals surface area contributed by atoms with E-state index in [0.29, 0.717) is 0 Å². The summed E-state index contributed by atoms with van der Waals surface area (Å²) in [5, 5.41) is 3.21. The SMILES string of the molecule is I[Si](I)(I)c1ccccc1[Si](I)(I)I. The molecule has 0 unspecified atom stereocenters. The summed E-state index contributed by atoms with van der Waals surface area (Å²) in [6.07, 6.45) is 0. The molecule has 0 atom stereocenters. The Labute approximate surface area is 162 Å². The van der Waals surface area contributed by atoms with Crippen LogP contribution in [-0.4, -0.2) is 1.13 Å². The van der Waals surface area contributed by atoms with E-state index in [4.69, 9.17) is 0 Å². The molecular weight excluding hydrogens is 890 g/mol. The van der Waals surface area contributed by atoms with Gasteiger partial charge in [0, 0.05) is 0 Å². The molecule has 0 aliphatic carbocycles. The molecule has 0 spiro atoms. The molecule has 0 fully saturated rings. The highest BCUT2D eigenvalue weighted by Gasteiger charge is 2.35. The van der Waals surface area contributed by atoms with Gasteiger partial charge < -0.3 is 0 Å². The Morgan fingerprint density at radius 1 is 0.643 bits per heavy atom. The first-order valence-corrected chi connectivity index (χ1v) is 26.1. The van der Waals surface area contributed by atoms with Crippen LogP contribution < -0.4 is 10.4 Å². The van der Waals surface area contributed by atoms with Gasteiger partial charge in [0.2, 0.25) is 0 Å². The number of rotatable bonds is 2. The monoisotopic (exact) mass is 893 g/mol. The molecule has 78 valence electrons. The molecule has 0 aliphatic heterocycles. The molecule has 0 aromatic heterocycles. The van der Waals surface area contributed by atoms with Crippen molar-refractivity contribution in [2.24, 2.45) is 0 Å². The molecule has 0 N–H and O–H groups in total. The summed E-state index contributed by atoms with van der Waals surface area (Å²) in [5.74, 6) is 0. The molecule has 0 bridgehead atoms. The Morgan fingerprint density at radius 3 is 1.14 bits per heavy atom.